The second kappa shape index (κ2) is 49.3. The number of allylic oxidation sites excluding steroid dienone is 4. The number of amides is 2. The van der Waals surface area contributed by atoms with Gasteiger partial charge >= 0.3 is 19.8 Å². The minimum absolute atomic E-state index is 0.0104. The van der Waals surface area contributed by atoms with Crippen LogP contribution in [0.5, 0.6) is 0 Å². The fraction of sp³-hybridized carbons (Fsp3) is 0.860. The number of aliphatic hydroxyl groups is 4. The van der Waals surface area contributed by atoms with E-state index in [1.165, 1.54) is 77.0 Å². The van der Waals surface area contributed by atoms with Crippen molar-refractivity contribution in [3.63, 3.8) is 0 Å². The van der Waals surface area contributed by atoms with Gasteiger partial charge in [0.25, 0.3) is 0 Å². The number of hydrogen-bond acceptors (Lipinski definition) is 16. The Hall–Kier alpha value is -2.77. The number of carbonyl (C=O) groups is 4. The minimum Gasteiger partial charge on any atom is -0.462 e. The fourth-order valence-electron chi connectivity index (χ4n) is 8.42. The molecule has 0 aromatic rings. The molecule has 444 valence electrons. The van der Waals surface area contributed by atoms with E-state index in [0.717, 1.165) is 84.2 Å². The lowest BCUT2D eigenvalue weighted by Crippen LogP contribution is -2.59. The molecular weight excluding hydrogens is 1000 g/mol. The molecule has 1 fully saturated rings. The van der Waals surface area contributed by atoms with Crippen LogP contribution in [-0.4, -0.2) is 134 Å². The Morgan fingerprint density at radius 3 is 1.50 bits per heavy atom. The number of phosphoric ester groups is 1. The topological polar surface area (TPSA) is 255 Å². The van der Waals surface area contributed by atoms with Gasteiger partial charge in [0.05, 0.1) is 26.4 Å². The van der Waals surface area contributed by atoms with Crippen molar-refractivity contribution in [3.8, 4) is 0 Å². The van der Waals surface area contributed by atoms with Crippen molar-refractivity contribution in [2.24, 2.45) is 0 Å². The van der Waals surface area contributed by atoms with E-state index < -0.39 is 69.8 Å². The summed E-state index contributed by atoms with van der Waals surface area (Å²) < 4.78 is 51.2. The van der Waals surface area contributed by atoms with Crippen LogP contribution in [0.15, 0.2) is 24.3 Å². The molecule has 76 heavy (non-hydrogen) atoms. The van der Waals surface area contributed by atoms with Crippen LogP contribution in [-0.2, 0) is 56.3 Å². The van der Waals surface area contributed by atoms with Crippen LogP contribution in [0.2, 0.25) is 0 Å². The Kier molecular flexibility index (Phi) is 46.2. The van der Waals surface area contributed by atoms with Crippen LogP contribution in [0, 0.1) is 0 Å². The molecule has 0 radical (unpaired) electrons. The van der Waals surface area contributed by atoms with Gasteiger partial charge in [0.15, 0.2) is 12.4 Å². The summed E-state index contributed by atoms with van der Waals surface area (Å²) in [5.41, 5.74) is 0. The molecule has 6 N–H and O–H groups in total. The molecule has 0 saturated carbocycles. The Balaban J connectivity index is 2.44. The van der Waals surface area contributed by atoms with Gasteiger partial charge in [-0.2, -0.15) is 0 Å². The maximum Gasteiger partial charge on any atom is 0.474 e. The number of nitrogens with one attached hydrogen (secondary N) is 2. The summed E-state index contributed by atoms with van der Waals surface area (Å²) in [5.74, 6) is -1.42. The Morgan fingerprint density at radius 1 is 0.539 bits per heavy atom. The zero-order chi connectivity index (χ0) is 55.8. The molecule has 2 amide bonds. The van der Waals surface area contributed by atoms with Crippen LogP contribution < -0.4 is 10.6 Å². The molecule has 0 spiro atoms. The maximum absolute atomic E-state index is 13.3. The van der Waals surface area contributed by atoms with Crippen LogP contribution in [0.25, 0.3) is 0 Å². The predicted molar refractivity (Wildman–Crippen MR) is 295 cm³/mol. The summed E-state index contributed by atoms with van der Waals surface area (Å²) in [6.45, 7) is 3.32. The molecular formula is C57H105N2O16P. The van der Waals surface area contributed by atoms with Gasteiger partial charge in [-0.3, -0.25) is 32.7 Å². The van der Waals surface area contributed by atoms with Gasteiger partial charge in [-0.05, 0) is 83.5 Å². The first-order valence-electron chi connectivity index (χ1n) is 29.4. The average Bonchev–Trinajstić information content (AvgIpc) is 3.41. The SMILES string of the molecule is CCCCCCCCC=CCCCCCCCC(=O)OC[C@H](COP(=O)(OC)OCCNC(=O)CCCCC(=O)NCCCO[C@@H]1OC(CO)[C@H](O)[C@H](O)C1O)OC(=O)CCCCCCC/C=C/CCCCCCCC. The Morgan fingerprint density at radius 2 is 1.00 bits per heavy atom. The lowest BCUT2D eigenvalue weighted by atomic mass is 9.99. The van der Waals surface area contributed by atoms with Crippen molar-refractivity contribution >= 4 is 31.6 Å². The van der Waals surface area contributed by atoms with Crippen LogP contribution in [0.1, 0.15) is 226 Å². The lowest BCUT2D eigenvalue weighted by Gasteiger charge is -2.39. The summed E-state index contributed by atoms with van der Waals surface area (Å²) in [6, 6.07) is 0. The standard InChI is InChI=1S/C57H105N2O16P/c1-4-6-8-10-12-14-16-18-20-22-24-26-28-30-32-39-52(63)71-46-48(74-53(64)40-33-31-29-27-25-23-21-19-17-15-13-11-9-7-5-2)47-73-76(68,69-3)72-44-42-59-51(62)38-35-34-37-50(61)58-41-36-43-70-57-56(67)55(66)54(65)49(45-60)75-57/h18-21,48-49,54-57,60,65-67H,4-17,22-47H2,1-3H3,(H,58,61)(H,59,62)/b20-18?,21-19+/t48-,49?,54+,55+,56?,57-,76?/m1/s1. The molecule has 1 rings (SSSR count). The van der Waals surface area contributed by atoms with Gasteiger partial charge in [0.2, 0.25) is 11.8 Å². The largest absolute Gasteiger partial charge is 0.474 e. The predicted octanol–water partition coefficient (Wildman–Crippen LogP) is 10.3. The first kappa shape index (κ1) is 71.2. The summed E-state index contributed by atoms with van der Waals surface area (Å²) in [7, 11) is -3.02. The maximum atomic E-state index is 13.3. The number of rotatable bonds is 52. The Bertz CT molecular complexity index is 1550. The first-order valence-corrected chi connectivity index (χ1v) is 30.9. The van der Waals surface area contributed by atoms with Gasteiger partial charge in [-0.1, -0.05) is 141 Å². The molecule has 7 atom stereocenters. The van der Waals surface area contributed by atoms with Crippen molar-refractivity contribution in [2.45, 2.75) is 263 Å². The van der Waals surface area contributed by atoms with Crippen molar-refractivity contribution < 1.29 is 76.7 Å². The number of carbonyl (C=O) groups excluding carboxylic acids is 4. The fourth-order valence-corrected chi connectivity index (χ4v) is 9.37. The second-order valence-electron chi connectivity index (χ2n) is 20.1. The molecule has 1 aliphatic heterocycles. The van der Waals surface area contributed by atoms with Gasteiger partial charge in [0.1, 0.15) is 31.0 Å². The summed E-state index contributed by atoms with van der Waals surface area (Å²) in [5, 5.41) is 44.5. The zero-order valence-corrected chi connectivity index (χ0v) is 48.1. The summed E-state index contributed by atoms with van der Waals surface area (Å²) >= 11 is 0. The van der Waals surface area contributed by atoms with E-state index >= 15 is 0 Å². The van der Waals surface area contributed by atoms with E-state index in [2.05, 4.69) is 48.8 Å². The van der Waals surface area contributed by atoms with Gasteiger partial charge in [-0.15, -0.1) is 0 Å². The van der Waals surface area contributed by atoms with Gasteiger partial charge in [-0.25, -0.2) is 4.57 Å². The smallest absolute Gasteiger partial charge is 0.462 e. The van der Waals surface area contributed by atoms with Crippen LogP contribution >= 0.6 is 7.82 Å². The van der Waals surface area contributed by atoms with E-state index in [1.54, 1.807) is 0 Å². The van der Waals surface area contributed by atoms with Crippen LogP contribution in [0.4, 0.5) is 0 Å². The van der Waals surface area contributed by atoms with E-state index in [-0.39, 0.29) is 70.4 Å². The van der Waals surface area contributed by atoms with Gasteiger partial charge in [0, 0.05) is 45.9 Å². The molecule has 0 aromatic heterocycles. The van der Waals surface area contributed by atoms with Crippen molar-refractivity contribution in [1.82, 2.24) is 10.6 Å². The first-order chi connectivity index (χ1) is 36.9. The number of aliphatic hydroxyl groups excluding tert-OH is 4. The number of phosphoric acid groups is 1. The molecule has 1 saturated heterocycles. The quantitative estimate of drug-likeness (QED) is 0.0143. The highest BCUT2D eigenvalue weighted by molar-refractivity contribution is 7.48. The van der Waals surface area contributed by atoms with Crippen molar-refractivity contribution in [3.05, 3.63) is 24.3 Å². The van der Waals surface area contributed by atoms with E-state index in [9.17, 15) is 44.2 Å². The monoisotopic (exact) mass is 1100 g/mol. The van der Waals surface area contributed by atoms with E-state index in [4.69, 9.17) is 32.5 Å². The summed E-state index contributed by atoms with van der Waals surface area (Å²) in [4.78, 5) is 50.4. The number of unbranched alkanes of at least 4 members (excludes halogenated alkanes) is 23. The third-order valence-electron chi connectivity index (χ3n) is 13.2. The van der Waals surface area contributed by atoms with E-state index in [1.807, 2.05) is 0 Å². The molecule has 0 aromatic carbocycles. The normalized spacial score (nSPS) is 19.0. The van der Waals surface area contributed by atoms with Crippen molar-refractivity contribution in [1.29, 1.82) is 0 Å². The molecule has 0 aliphatic carbocycles. The molecule has 18 nitrogen and oxygen atoms in total. The highest BCUT2D eigenvalue weighted by Crippen LogP contribution is 2.48. The van der Waals surface area contributed by atoms with E-state index in [0.29, 0.717) is 32.1 Å². The number of esters is 2. The number of hydrogen-bond donors (Lipinski definition) is 6. The molecule has 0 bridgehead atoms. The number of ether oxygens (including phenoxy) is 4. The molecule has 1 heterocycles. The van der Waals surface area contributed by atoms with Crippen LogP contribution in [0.3, 0.4) is 0 Å². The second-order valence-corrected chi connectivity index (χ2v) is 21.8. The molecule has 1 aliphatic rings. The molecule has 3 unspecified atom stereocenters. The zero-order valence-electron chi connectivity index (χ0n) is 47.2. The lowest BCUT2D eigenvalue weighted by molar-refractivity contribution is -0.301. The molecule has 19 heteroatoms. The highest BCUT2D eigenvalue weighted by atomic mass is 31.2. The minimum atomic E-state index is -4.16. The third-order valence-corrected chi connectivity index (χ3v) is 14.6. The highest BCUT2D eigenvalue weighted by Gasteiger charge is 2.44. The average molecular weight is 1110 g/mol. The summed E-state index contributed by atoms with van der Waals surface area (Å²) in [6.07, 6.45) is 33.0. The third kappa shape index (κ3) is 39.6. The van der Waals surface area contributed by atoms with Crippen molar-refractivity contribution in [2.75, 3.05) is 53.2 Å². The Labute approximate surface area is 457 Å². The van der Waals surface area contributed by atoms with Gasteiger partial charge < -0.3 is 50.0 Å².